The van der Waals surface area contributed by atoms with Gasteiger partial charge in [-0.05, 0) is 29.6 Å². The first-order chi connectivity index (χ1) is 7.58. The van der Waals surface area contributed by atoms with E-state index < -0.39 is 0 Å². The van der Waals surface area contributed by atoms with Crippen LogP contribution in [0, 0.1) is 0 Å². The highest BCUT2D eigenvalue weighted by molar-refractivity contribution is 7.13. The molecule has 0 saturated carbocycles. The monoisotopic (exact) mass is 290 g/mol. The van der Waals surface area contributed by atoms with Gasteiger partial charge in [0.25, 0.3) is 0 Å². The van der Waals surface area contributed by atoms with E-state index in [1.54, 1.807) is 29.6 Å². The molecule has 0 unspecified atom stereocenters. The lowest BCUT2D eigenvalue weighted by atomic mass is 10.1. The molecule has 0 radical (unpaired) electrons. The molecule has 2 rings (SSSR count). The van der Waals surface area contributed by atoms with Crippen molar-refractivity contribution in [1.82, 2.24) is 0 Å². The maximum absolute atomic E-state index is 12.0. The number of halogens is 3. The molecule has 0 aliphatic carbocycles. The number of benzene rings is 1. The second-order valence-electron chi connectivity index (χ2n) is 3.08. The number of carbonyl (C=O) groups is 1. The van der Waals surface area contributed by atoms with Crippen molar-refractivity contribution >= 4 is 51.9 Å². The maximum Gasteiger partial charge on any atom is 0.204 e. The average molecular weight is 292 g/mol. The smallest absolute Gasteiger partial charge is 0.204 e. The first-order valence-corrected chi connectivity index (χ1v) is 6.33. The Hall–Kier alpha value is -0.540. The number of hydrogen-bond donors (Lipinski definition) is 0. The molecule has 0 amide bonds. The van der Waals surface area contributed by atoms with E-state index in [1.807, 2.05) is 0 Å². The summed E-state index contributed by atoms with van der Waals surface area (Å²) in [6, 6.07) is 6.42. The van der Waals surface area contributed by atoms with E-state index in [0.29, 0.717) is 25.5 Å². The van der Waals surface area contributed by atoms with Gasteiger partial charge in [-0.2, -0.15) is 0 Å². The quantitative estimate of drug-likeness (QED) is 0.716. The van der Waals surface area contributed by atoms with Gasteiger partial charge >= 0.3 is 0 Å². The molecule has 1 heterocycles. The highest BCUT2D eigenvalue weighted by Gasteiger charge is 2.15. The third-order valence-corrected chi connectivity index (χ3v) is 3.72. The number of thiophene rings is 1. The predicted octanol–water partition coefficient (Wildman–Crippen LogP) is 4.94. The van der Waals surface area contributed by atoms with Gasteiger partial charge in [0.05, 0.1) is 9.90 Å². The van der Waals surface area contributed by atoms with Crippen molar-refractivity contribution in [2.24, 2.45) is 0 Å². The second-order valence-corrected chi connectivity index (χ2v) is 5.28. The summed E-state index contributed by atoms with van der Waals surface area (Å²) in [5.74, 6) is -0.163. The van der Waals surface area contributed by atoms with E-state index in [1.165, 1.54) is 11.3 Å². The number of rotatable bonds is 2. The minimum absolute atomic E-state index is 0.163. The Morgan fingerprint density at radius 3 is 2.19 bits per heavy atom. The van der Waals surface area contributed by atoms with Crippen LogP contribution >= 0.6 is 46.1 Å². The van der Waals surface area contributed by atoms with Crippen LogP contribution in [0.4, 0.5) is 0 Å². The molecule has 0 spiro atoms. The van der Waals surface area contributed by atoms with E-state index in [4.69, 9.17) is 34.8 Å². The van der Waals surface area contributed by atoms with Gasteiger partial charge in [0.2, 0.25) is 5.78 Å². The lowest BCUT2D eigenvalue weighted by Crippen LogP contribution is -1.99. The third-order valence-electron chi connectivity index (χ3n) is 1.95. The Kier molecular flexibility index (Phi) is 3.55. The fraction of sp³-hybridized carbons (Fsp3) is 0. The van der Waals surface area contributed by atoms with Crippen molar-refractivity contribution in [2.45, 2.75) is 0 Å². The van der Waals surface area contributed by atoms with Crippen molar-refractivity contribution in [3.8, 4) is 0 Å². The molecule has 5 heteroatoms. The number of carbonyl (C=O) groups excluding carboxylic acids is 1. The van der Waals surface area contributed by atoms with Crippen LogP contribution in [-0.2, 0) is 0 Å². The van der Waals surface area contributed by atoms with Crippen LogP contribution in [0.3, 0.4) is 0 Å². The Balaban J connectivity index is 2.45. The van der Waals surface area contributed by atoms with E-state index in [0.717, 1.165) is 0 Å². The lowest BCUT2D eigenvalue weighted by molar-refractivity contribution is 0.104. The maximum atomic E-state index is 12.0. The Morgan fingerprint density at radius 2 is 1.69 bits per heavy atom. The largest absolute Gasteiger partial charge is 0.288 e. The highest BCUT2D eigenvalue weighted by atomic mass is 35.5. The summed E-state index contributed by atoms with van der Waals surface area (Å²) in [6.45, 7) is 0. The molecule has 1 aromatic carbocycles. The van der Waals surface area contributed by atoms with Gasteiger partial charge in [0.1, 0.15) is 0 Å². The minimum Gasteiger partial charge on any atom is -0.288 e. The van der Waals surface area contributed by atoms with Crippen LogP contribution < -0.4 is 0 Å². The van der Waals surface area contributed by atoms with Gasteiger partial charge in [0.15, 0.2) is 0 Å². The molecule has 2 aromatic rings. The summed E-state index contributed by atoms with van der Waals surface area (Å²) < 4.78 is 0. The molecule has 0 N–H and O–H groups in total. The summed E-state index contributed by atoms with van der Waals surface area (Å²) >= 11 is 18.8. The molecule has 0 saturated heterocycles. The van der Waals surface area contributed by atoms with Gasteiger partial charge in [0, 0.05) is 15.6 Å². The fourth-order valence-corrected chi connectivity index (χ4v) is 2.90. The molecule has 82 valence electrons. The Labute approximate surface area is 112 Å². The summed E-state index contributed by atoms with van der Waals surface area (Å²) in [5, 5.41) is 3.08. The second kappa shape index (κ2) is 4.76. The zero-order valence-corrected chi connectivity index (χ0v) is 10.9. The molecular formula is C11H5Cl3OS. The summed E-state index contributed by atoms with van der Waals surface area (Å²) in [7, 11) is 0. The molecule has 0 aliphatic rings. The Bertz CT molecular complexity index is 528. The zero-order chi connectivity index (χ0) is 11.7. The van der Waals surface area contributed by atoms with Gasteiger partial charge in [-0.15, -0.1) is 11.3 Å². The average Bonchev–Trinajstić information content (AvgIpc) is 2.62. The summed E-state index contributed by atoms with van der Waals surface area (Å²) in [4.78, 5) is 12.5. The Morgan fingerprint density at radius 1 is 1.06 bits per heavy atom. The van der Waals surface area contributed by atoms with Crippen LogP contribution in [0.15, 0.2) is 29.6 Å². The molecular weight excluding hydrogens is 287 g/mol. The molecule has 16 heavy (non-hydrogen) atoms. The van der Waals surface area contributed by atoms with E-state index in [-0.39, 0.29) is 5.78 Å². The number of hydrogen-bond acceptors (Lipinski definition) is 2. The van der Waals surface area contributed by atoms with E-state index >= 15 is 0 Å². The highest BCUT2D eigenvalue weighted by Crippen LogP contribution is 2.27. The van der Waals surface area contributed by atoms with Gasteiger partial charge in [-0.25, -0.2) is 0 Å². The van der Waals surface area contributed by atoms with Crippen molar-refractivity contribution in [1.29, 1.82) is 0 Å². The van der Waals surface area contributed by atoms with Crippen LogP contribution in [0.2, 0.25) is 15.1 Å². The molecule has 0 bridgehead atoms. The van der Waals surface area contributed by atoms with Gasteiger partial charge in [-0.3, -0.25) is 4.79 Å². The zero-order valence-electron chi connectivity index (χ0n) is 7.84. The van der Waals surface area contributed by atoms with Crippen molar-refractivity contribution in [2.75, 3.05) is 0 Å². The molecule has 1 nitrogen and oxygen atoms in total. The fourth-order valence-electron chi connectivity index (χ4n) is 1.27. The van der Waals surface area contributed by atoms with Gasteiger partial charge in [-0.1, -0.05) is 34.8 Å². The van der Waals surface area contributed by atoms with Crippen LogP contribution in [0.5, 0.6) is 0 Å². The van der Waals surface area contributed by atoms with Crippen molar-refractivity contribution < 1.29 is 4.79 Å². The normalized spacial score (nSPS) is 10.4. The van der Waals surface area contributed by atoms with Crippen LogP contribution in [-0.4, -0.2) is 5.78 Å². The number of ketones is 1. The van der Waals surface area contributed by atoms with Crippen molar-refractivity contribution in [3.05, 3.63) is 55.2 Å². The first-order valence-electron chi connectivity index (χ1n) is 4.31. The summed E-state index contributed by atoms with van der Waals surface area (Å²) in [6.07, 6.45) is 0. The topological polar surface area (TPSA) is 17.1 Å². The standard InChI is InChI=1S/C11H5Cl3OS/c12-7-3-6(4-8(13)5-7)10(15)11-9(14)1-2-16-11/h1-5H. The van der Waals surface area contributed by atoms with E-state index in [2.05, 4.69) is 0 Å². The van der Waals surface area contributed by atoms with E-state index in [9.17, 15) is 4.79 Å². The summed E-state index contributed by atoms with van der Waals surface area (Å²) in [5.41, 5.74) is 0.446. The third kappa shape index (κ3) is 2.41. The minimum atomic E-state index is -0.163. The molecule has 0 atom stereocenters. The molecule has 1 aromatic heterocycles. The van der Waals surface area contributed by atoms with Crippen LogP contribution in [0.25, 0.3) is 0 Å². The molecule has 0 aliphatic heterocycles. The SMILES string of the molecule is O=C(c1cc(Cl)cc(Cl)c1)c1sccc1Cl. The van der Waals surface area contributed by atoms with Gasteiger partial charge < -0.3 is 0 Å². The first kappa shape index (κ1) is 11.9. The molecule has 0 fully saturated rings. The van der Waals surface area contributed by atoms with Crippen molar-refractivity contribution in [3.63, 3.8) is 0 Å². The van der Waals surface area contributed by atoms with Crippen LogP contribution in [0.1, 0.15) is 15.2 Å². The predicted molar refractivity (Wildman–Crippen MR) is 69.2 cm³/mol. The lowest BCUT2D eigenvalue weighted by Gasteiger charge is -2.01.